The molecule has 1 amide bonds. The molecule has 4 aliphatic carbocycles. The predicted octanol–water partition coefficient (Wildman–Crippen LogP) is 2.16. The van der Waals surface area contributed by atoms with Crippen LogP contribution < -0.4 is 26.4 Å². The molecule has 4 bridgehead atoms. The molecule has 1 aromatic rings. The fourth-order valence-corrected chi connectivity index (χ4v) is 6.47. The largest absolute Gasteiger partial charge is 0.477 e. The maximum Gasteiger partial charge on any atom is 0.258 e. The van der Waals surface area contributed by atoms with Crippen LogP contribution in [0.1, 0.15) is 56.3 Å². The van der Waals surface area contributed by atoms with Crippen LogP contribution in [0.2, 0.25) is 0 Å². The van der Waals surface area contributed by atoms with Crippen molar-refractivity contribution in [1.82, 2.24) is 31.5 Å². The molecule has 174 valence electrons. The number of hydrogen-bond acceptors (Lipinski definition) is 8. The molecule has 10 heteroatoms. The normalized spacial score (nSPS) is 32.8. The highest BCUT2D eigenvalue weighted by Gasteiger charge is 2.55. The quantitative estimate of drug-likeness (QED) is 0.401. The number of aliphatic hydroxyl groups is 1. The molecule has 5 N–H and O–H groups in total. The van der Waals surface area contributed by atoms with Crippen LogP contribution in [-0.4, -0.2) is 39.0 Å². The van der Waals surface area contributed by atoms with Gasteiger partial charge in [0.05, 0.1) is 18.4 Å². The Kier molecular flexibility index (Phi) is 5.85. The van der Waals surface area contributed by atoms with Gasteiger partial charge in [0.2, 0.25) is 5.88 Å². The fourth-order valence-electron chi connectivity index (χ4n) is 5.91. The molecule has 5 aliphatic rings. The van der Waals surface area contributed by atoms with Crippen LogP contribution in [0.25, 0.3) is 6.20 Å². The number of nitrogens with zero attached hydrogens (tertiary/aromatic N) is 2. The molecular weight excluding hydrogens is 428 g/mol. The van der Waals surface area contributed by atoms with Crippen molar-refractivity contribution in [3.05, 3.63) is 28.4 Å². The Morgan fingerprint density at radius 2 is 2.19 bits per heavy atom. The minimum atomic E-state index is -0.509. The van der Waals surface area contributed by atoms with E-state index in [0.29, 0.717) is 41.7 Å². The third kappa shape index (κ3) is 4.35. The molecule has 32 heavy (non-hydrogen) atoms. The van der Waals surface area contributed by atoms with Crippen LogP contribution in [-0.2, 0) is 0 Å². The molecule has 6 rings (SSSR count). The number of rotatable bonds is 8. The van der Waals surface area contributed by atoms with Gasteiger partial charge < -0.3 is 20.6 Å². The number of nitrogens with one attached hydrogen (secondary N) is 4. The van der Waals surface area contributed by atoms with Gasteiger partial charge in [0.1, 0.15) is 10.6 Å². The first-order valence-electron chi connectivity index (χ1n) is 11.4. The second kappa shape index (κ2) is 8.64. The van der Waals surface area contributed by atoms with Crippen LogP contribution in [0.5, 0.6) is 5.88 Å². The molecule has 0 spiro atoms. The van der Waals surface area contributed by atoms with E-state index in [1.165, 1.54) is 11.8 Å². The smallest absolute Gasteiger partial charge is 0.258 e. The summed E-state index contributed by atoms with van der Waals surface area (Å²) in [4.78, 5) is 13.3. The van der Waals surface area contributed by atoms with Gasteiger partial charge in [-0.3, -0.25) is 10.2 Å². The molecule has 4 saturated carbocycles. The van der Waals surface area contributed by atoms with E-state index in [0.717, 1.165) is 37.1 Å². The van der Waals surface area contributed by atoms with Crippen molar-refractivity contribution in [2.45, 2.75) is 57.6 Å². The van der Waals surface area contributed by atoms with Crippen molar-refractivity contribution in [2.24, 2.45) is 23.7 Å². The van der Waals surface area contributed by atoms with Gasteiger partial charge in [0.25, 0.3) is 5.91 Å². The number of aromatic nitrogens is 2. The summed E-state index contributed by atoms with van der Waals surface area (Å²) >= 11 is 1.48. The predicted molar refractivity (Wildman–Crippen MR) is 123 cm³/mol. The SMILES string of the molecule is CC(C)COc1c(C(=O)NC2C3CC4CC2CC(O)(C4)C3)cnn1/C=C\SC1=CNNN1. The summed E-state index contributed by atoms with van der Waals surface area (Å²) in [5.41, 5.74) is 8.55. The lowest BCUT2D eigenvalue weighted by atomic mass is 9.52. The summed E-state index contributed by atoms with van der Waals surface area (Å²) in [5.74, 6) is 1.96. The average Bonchev–Trinajstić information content (AvgIpc) is 3.38. The second-order valence-corrected chi connectivity index (χ2v) is 11.0. The first-order valence-corrected chi connectivity index (χ1v) is 12.3. The van der Waals surface area contributed by atoms with E-state index >= 15 is 0 Å². The maximum absolute atomic E-state index is 13.3. The Balaban J connectivity index is 1.31. The number of carbonyl (C=O) groups excluding carboxylic acids is 1. The number of carbonyl (C=O) groups is 1. The van der Waals surface area contributed by atoms with Crippen molar-refractivity contribution in [2.75, 3.05) is 6.61 Å². The lowest BCUT2D eigenvalue weighted by Gasteiger charge is -2.58. The topological polar surface area (TPSA) is 112 Å². The van der Waals surface area contributed by atoms with E-state index in [2.05, 4.69) is 40.6 Å². The van der Waals surface area contributed by atoms with E-state index in [1.54, 1.807) is 17.1 Å². The van der Waals surface area contributed by atoms with Crippen LogP contribution in [0.15, 0.2) is 22.8 Å². The zero-order chi connectivity index (χ0) is 22.3. The molecule has 9 nitrogen and oxygen atoms in total. The lowest BCUT2D eigenvalue weighted by Crippen LogP contribution is -2.61. The molecule has 2 unspecified atom stereocenters. The summed E-state index contributed by atoms with van der Waals surface area (Å²) in [6, 6.07) is 0.118. The van der Waals surface area contributed by atoms with E-state index in [4.69, 9.17) is 4.74 Å². The average molecular weight is 461 g/mol. The van der Waals surface area contributed by atoms with Gasteiger partial charge >= 0.3 is 0 Å². The number of ether oxygens (including phenoxy) is 1. The summed E-state index contributed by atoms with van der Waals surface area (Å²) in [6.45, 7) is 4.64. The molecule has 0 saturated heterocycles. The van der Waals surface area contributed by atoms with Gasteiger partial charge in [-0.25, -0.2) is 4.68 Å². The Morgan fingerprint density at radius 3 is 2.84 bits per heavy atom. The van der Waals surface area contributed by atoms with E-state index in [9.17, 15) is 9.90 Å². The van der Waals surface area contributed by atoms with Gasteiger partial charge in [0, 0.05) is 18.4 Å². The third-order valence-corrected chi connectivity index (χ3v) is 7.68. The molecule has 0 aromatic carbocycles. The summed E-state index contributed by atoms with van der Waals surface area (Å²) in [7, 11) is 0. The van der Waals surface area contributed by atoms with Gasteiger partial charge in [-0.2, -0.15) is 10.6 Å². The van der Waals surface area contributed by atoms with Crippen molar-refractivity contribution in [3.63, 3.8) is 0 Å². The Hall–Kier alpha value is -2.17. The standard InChI is InChI=1S/C22H32N6O3S/c1-13(2)12-31-21-17(10-24-28(21)3-4-32-18-11-23-27-26-18)20(29)25-19-15-5-14-6-16(19)9-22(30,7-14)8-15/h3-4,10-11,13-16,19,23,26-27,30H,5-9,12H2,1-2H3,(H,25,29)/b4-3-. The van der Waals surface area contributed by atoms with Crippen molar-refractivity contribution in [1.29, 1.82) is 0 Å². The minimum Gasteiger partial charge on any atom is -0.477 e. The summed E-state index contributed by atoms with van der Waals surface area (Å²) < 4.78 is 7.63. The summed E-state index contributed by atoms with van der Waals surface area (Å²) in [5, 5.41) is 21.3. The highest BCUT2D eigenvalue weighted by molar-refractivity contribution is 8.05. The van der Waals surface area contributed by atoms with Gasteiger partial charge in [-0.15, -0.1) is 0 Å². The first kappa shape index (κ1) is 21.7. The van der Waals surface area contributed by atoms with Crippen LogP contribution in [0.4, 0.5) is 0 Å². The summed E-state index contributed by atoms with van der Waals surface area (Å²) in [6.07, 6.45) is 9.93. The molecule has 1 aromatic heterocycles. The molecule has 0 radical (unpaired) electrons. The number of amides is 1. The minimum absolute atomic E-state index is 0.118. The highest BCUT2D eigenvalue weighted by atomic mass is 32.2. The van der Waals surface area contributed by atoms with E-state index in [-0.39, 0.29) is 11.9 Å². The molecular formula is C22H32N6O3S. The third-order valence-electron chi connectivity index (χ3n) is 6.94. The van der Waals surface area contributed by atoms with Crippen LogP contribution >= 0.6 is 11.8 Å². The van der Waals surface area contributed by atoms with Crippen LogP contribution in [0.3, 0.4) is 0 Å². The maximum atomic E-state index is 13.3. The Morgan fingerprint density at radius 1 is 1.41 bits per heavy atom. The zero-order valence-electron chi connectivity index (χ0n) is 18.5. The Bertz CT molecular complexity index is 913. The number of hydrogen-bond donors (Lipinski definition) is 5. The molecule has 1 aliphatic heterocycles. The first-order chi connectivity index (χ1) is 15.4. The van der Waals surface area contributed by atoms with Gasteiger partial charge in [-0.05, 0) is 61.2 Å². The monoisotopic (exact) mass is 460 g/mol. The fraction of sp³-hybridized carbons (Fsp3) is 0.636. The van der Waals surface area contributed by atoms with Crippen LogP contribution in [0, 0.1) is 23.7 Å². The molecule has 2 atom stereocenters. The van der Waals surface area contributed by atoms with Gasteiger partial charge in [-0.1, -0.05) is 25.6 Å². The molecule has 2 heterocycles. The lowest BCUT2D eigenvalue weighted by molar-refractivity contribution is -0.136. The number of thioether (sulfide) groups is 1. The highest BCUT2D eigenvalue weighted by Crippen LogP contribution is 2.55. The van der Waals surface area contributed by atoms with Gasteiger partial charge in [0.15, 0.2) is 0 Å². The van der Waals surface area contributed by atoms with Crippen molar-refractivity contribution < 1.29 is 14.6 Å². The molecule has 4 fully saturated rings. The van der Waals surface area contributed by atoms with Crippen molar-refractivity contribution >= 4 is 23.9 Å². The van der Waals surface area contributed by atoms with E-state index < -0.39 is 5.60 Å². The second-order valence-electron chi connectivity index (χ2n) is 10.0. The Labute approximate surface area is 192 Å². The van der Waals surface area contributed by atoms with Crippen molar-refractivity contribution in [3.8, 4) is 5.88 Å². The van der Waals surface area contributed by atoms with E-state index in [1.807, 2.05) is 11.6 Å². The number of hydrazine groups is 2. The zero-order valence-corrected chi connectivity index (χ0v) is 19.3.